The SMILES string of the molecule is CCOC(=O)N1CCC(Nc2nc(-c3ccc(C(=O)O)cc3)cs2)CC1. The lowest BCUT2D eigenvalue weighted by Gasteiger charge is -2.31. The van der Waals surface area contributed by atoms with Crippen molar-refractivity contribution in [3.8, 4) is 11.3 Å². The minimum absolute atomic E-state index is 0.243. The summed E-state index contributed by atoms with van der Waals surface area (Å²) < 4.78 is 5.03. The second-order valence-corrected chi connectivity index (χ2v) is 6.88. The van der Waals surface area contributed by atoms with Crippen LogP contribution in [-0.4, -0.2) is 52.8 Å². The highest BCUT2D eigenvalue weighted by atomic mass is 32.1. The summed E-state index contributed by atoms with van der Waals surface area (Å²) >= 11 is 1.52. The van der Waals surface area contributed by atoms with E-state index in [1.807, 2.05) is 12.3 Å². The lowest BCUT2D eigenvalue weighted by atomic mass is 10.1. The van der Waals surface area contributed by atoms with Crippen LogP contribution in [0.5, 0.6) is 0 Å². The predicted molar refractivity (Wildman–Crippen MR) is 99.7 cm³/mol. The van der Waals surface area contributed by atoms with E-state index in [0.29, 0.717) is 19.7 Å². The molecular weight excluding hydrogens is 354 g/mol. The van der Waals surface area contributed by atoms with Crippen LogP contribution >= 0.6 is 11.3 Å². The molecule has 0 radical (unpaired) electrons. The second kappa shape index (κ2) is 8.18. The maximum absolute atomic E-state index is 11.7. The number of hydrogen-bond donors (Lipinski definition) is 2. The number of aromatic carboxylic acids is 1. The maximum atomic E-state index is 11.7. The molecule has 0 saturated carbocycles. The number of carbonyl (C=O) groups excluding carboxylic acids is 1. The first-order valence-corrected chi connectivity index (χ1v) is 9.42. The van der Waals surface area contributed by atoms with E-state index in [-0.39, 0.29) is 17.7 Å². The molecule has 1 aromatic heterocycles. The number of aromatic nitrogens is 1. The molecule has 138 valence electrons. The third-order valence-corrected chi connectivity index (χ3v) is 5.05. The Hall–Kier alpha value is -2.61. The lowest BCUT2D eigenvalue weighted by Crippen LogP contribution is -2.42. The molecule has 2 heterocycles. The van der Waals surface area contributed by atoms with Gasteiger partial charge in [-0.3, -0.25) is 0 Å². The van der Waals surface area contributed by atoms with Crippen molar-refractivity contribution >= 4 is 28.5 Å². The summed E-state index contributed by atoms with van der Waals surface area (Å²) in [6, 6.07) is 6.96. The molecule has 1 aliphatic heterocycles. The van der Waals surface area contributed by atoms with Crippen LogP contribution in [0, 0.1) is 0 Å². The Morgan fingerprint density at radius 2 is 2.00 bits per heavy atom. The van der Waals surface area contributed by atoms with E-state index in [4.69, 9.17) is 9.84 Å². The number of piperidine rings is 1. The molecular formula is C18H21N3O4S. The first-order valence-electron chi connectivity index (χ1n) is 8.54. The molecule has 0 atom stereocenters. The van der Waals surface area contributed by atoms with E-state index in [1.165, 1.54) is 11.3 Å². The second-order valence-electron chi connectivity index (χ2n) is 6.02. The summed E-state index contributed by atoms with van der Waals surface area (Å²) in [5.41, 5.74) is 1.96. The Balaban J connectivity index is 1.56. The zero-order chi connectivity index (χ0) is 18.5. The molecule has 2 N–H and O–H groups in total. The highest BCUT2D eigenvalue weighted by Gasteiger charge is 2.24. The van der Waals surface area contributed by atoms with Gasteiger partial charge in [0.15, 0.2) is 5.13 Å². The molecule has 8 heteroatoms. The van der Waals surface area contributed by atoms with Crippen molar-refractivity contribution in [2.45, 2.75) is 25.8 Å². The number of likely N-dealkylation sites (tertiary alicyclic amines) is 1. The molecule has 0 aliphatic carbocycles. The molecule has 0 unspecified atom stereocenters. The van der Waals surface area contributed by atoms with Crippen molar-refractivity contribution in [1.82, 2.24) is 9.88 Å². The van der Waals surface area contributed by atoms with Gasteiger partial charge in [0.25, 0.3) is 0 Å². The number of nitrogens with zero attached hydrogens (tertiary/aromatic N) is 2. The average molecular weight is 375 g/mol. The van der Waals surface area contributed by atoms with E-state index < -0.39 is 5.97 Å². The molecule has 1 amide bonds. The number of amides is 1. The number of anilines is 1. The van der Waals surface area contributed by atoms with Gasteiger partial charge in [-0.15, -0.1) is 11.3 Å². The van der Waals surface area contributed by atoms with E-state index in [2.05, 4.69) is 10.3 Å². The molecule has 0 spiro atoms. The van der Waals surface area contributed by atoms with Crippen molar-refractivity contribution in [3.05, 3.63) is 35.2 Å². The van der Waals surface area contributed by atoms with Crippen LogP contribution < -0.4 is 5.32 Å². The van der Waals surface area contributed by atoms with Gasteiger partial charge in [0.1, 0.15) is 0 Å². The van der Waals surface area contributed by atoms with Crippen molar-refractivity contribution in [1.29, 1.82) is 0 Å². The maximum Gasteiger partial charge on any atom is 0.409 e. The van der Waals surface area contributed by atoms with Crippen LogP contribution in [0.4, 0.5) is 9.93 Å². The highest BCUT2D eigenvalue weighted by Crippen LogP contribution is 2.27. The number of hydrogen-bond acceptors (Lipinski definition) is 6. The quantitative estimate of drug-likeness (QED) is 0.830. The van der Waals surface area contributed by atoms with Gasteiger partial charge in [-0.2, -0.15) is 0 Å². The van der Waals surface area contributed by atoms with Gasteiger partial charge in [-0.25, -0.2) is 14.6 Å². The van der Waals surface area contributed by atoms with E-state index in [1.54, 1.807) is 29.2 Å². The highest BCUT2D eigenvalue weighted by molar-refractivity contribution is 7.14. The molecule has 3 rings (SSSR count). The minimum atomic E-state index is -0.939. The Bertz CT molecular complexity index is 767. The first-order chi connectivity index (χ1) is 12.6. The number of benzene rings is 1. The largest absolute Gasteiger partial charge is 0.478 e. The van der Waals surface area contributed by atoms with E-state index in [0.717, 1.165) is 29.2 Å². The third kappa shape index (κ3) is 4.32. The van der Waals surface area contributed by atoms with Crippen molar-refractivity contribution < 1.29 is 19.4 Å². The standard InChI is InChI=1S/C18H21N3O4S/c1-2-25-18(24)21-9-7-14(8-10-21)19-17-20-15(11-26-17)12-3-5-13(6-4-12)16(22)23/h3-6,11,14H,2,7-10H2,1H3,(H,19,20)(H,22,23). The Labute approximate surface area is 155 Å². The van der Waals surface area contributed by atoms with Crippen molar-refractivity contribution in [2.75, 3.05) is 25.0 Å². The first kappa shape index (κ1) is 18.2. The average Bonchev–Trinajstić information content (AvgIpc) is 3.11. The smallest absolute Gasteiger partial charge is 0.409 e. The molecule has 26 heavy (non-hydrogen) atoms. The number of carboxylic acids is 1. The summed E-state index contributed by atoms with van der Waals surface area (Å²) in [6.07, 6.45) is 1.45. The molecule has 1 saturated heterocycles. The zero-order valence-electron chi connectivity index (χ0n) is 14.5. The van der Waals surface area contributed by atoms with Crippen molar-refractivity contribution in [2.24, 2.45) is 0 Å². The minimum Gasteiger partial charge on any atom is -0.478 e. The fourth-order valence-electron chi connectivity index (χ4n) is 2.85. The van der Waals surface area contributed by atoms with Gasteiger partial charge < -0.3 is 20.1 Å². The fraction of sp³-hybridized carbons (Fsp3) is 0.389. The van der Waals surface area contributed by atoms with Crippen LogP contribution in [0.15, 0.2) is 29.6 Å². The summed E-state index contributed by atoms with van der Waals surface area (Å²) in [5, 5.41) is 15.2. The van der Waals surface area contributed by atoms with E-state index >= 15 is 0 Å². The predicted octanol–water partition coefficient (Wildman–Crippen LogP) is 3.54. The van der Waals surface area contributed by atoms with Crippen LogP contribution in [0.1, 0.15) is 30.1 Å². The number of thiazole rings is 1. The van der Waals surface area contributed by atoms with Crippen LogP contribution in [-0.2, 0) is 4.74 Å². The van der Waals surface area contributed by atoms with Gasteiger partial charge in [-0.05, 0) is 31.9 Å². The monoisotopic (exact) mass is 375 g/mol. The van der Waals surface area contributed by atoms with Crippen LogP contribution in [0.3, 0.4) is 0 Å². The molecule has 1 aliphatic rings. The summed E-state index contributed by atoms with van der Waals surface area (Å²) in [5.74, 6) is -0.939. The number of nitrogens with one attached hydrogen (secondary N) is 1. The molecule has 1 fully saturated rings. The van der Waals surface area contributed by atoms with Gasteiger partial charge in [0, 0.05) is 30.1 Å². The van der Waals surface area contributed by atoms with Crippen molar-refractivity contribution in [3.63, 3.8) is 0 Å². The van der Waals surface area contributed by atoms with E-state index in [9.17, 15) is 9.59 Å². The molecule has 1 aromatic carbocycles. The number of rotatable bonds is 5. The molecule has 2 aromatic rings. The fourth-order valence-corrected chi connectivity index (χ4v) is 3.65. The van der Waals surface area contributed by atoms with Gasteiger partial charge in [0.2, 0.25) is 0 Å². The lowest BCUT2D eigenvalue weighted by molar-refractivity contribution is 0.0696. The summed E-state index contributed by atoms with van der Waals surface area (Å²) in [4.78, 5) is 29.0. The van der Waals surface area contributed by atoms with Crippen LogP contribution in [0.25, 0.3) is 11.3 Å². The number of carboxylic acid groups (broad SMARTS) is 1. The Morgan fingerprint density at radius 3 is 2.62 bits per heavy atom. The summed E-state index contributed by atoms with van der Waals surface area (Å²) in [7, 11) is 0. The van der Waals surface area contributed by atoms with Gasteiger partial charge in [-0.1, -0.05) is 12.1 Å². The van der Waals surface area contributed by atoms with Gasteiger partial charge in [0.05, 0.1) is 17.9 Å². The normalized spacial score (nSPS) is 14.9. The van der Waals surface area contributed by atoms with Crippen LogP contribution in [0.2, 0.25) is 0 Å². The third-order valence-electron chi connectivity index (χ3n) is 4.28. The Kier molecular flexibility index (Phi) is 5.72. The summed E-state index contributed by atoms with van der Waals surface area (Å²) in [6.45, 7) is 3.55. The zero-order valence-corrected chi connectivity index (χ0v) is 15.3. The number of ether oxygens (including phenoxy) is 1. The molecule has 7 nitrogen and oxygen atoms in total. The number of carbonyl (C=O) groups is 2. The molecule has 0 bridgehead atoms. The van der Waals surface area contributed by atoms with Gasteiger partial charge >= 0.3 is 12.1 Å². The topological polar surface area (TPSA) is 91.8 Å². The Morgan fingerprint density at radius 1 is 1.31 bits per heavy atom.